The Morgan fingerprint density at radius 2 is 1.90 bits per heavy atom. The van der Waals surface area contributed by atoms with Crippen LogP contribution in [0.15, 0.2) is 59.6 Å². The van der Waals surface area contributed by atoms with Crippen molar-refractivity contribution >= 4 is 17.6 Å². The quantitative estimate of drug-likeness (QED) is 0.583. The van der Waals surface area contributed by atoms with E-state index in [0.717, 1.165) is 49.7 Å². The molecule has 1 aliphatic rings. The third-order valence-electron chi connectivity index (χ3n) is 5.03. The Kier molecular flexibility index (Phi) is 7.50. The van der Waals surface area contributed by atoms with E-state index in [9.17, 15) is 4.79 Å². The van der Waals surface area contributed by atoms with Crippen LogP contribution in [0.2, 0.25) is 0 Å². The van der Waals surface area contributed by atoms with Gasteiger partial charge >= 0.3 is 0 Å². The monoisotopic (exact) mass is 394 g/mol. The maximum atomic E-state index is 12.3. The molecular formula is C23H30N4O2. The van der Waals surface area contributed by atoms with Gasteiger partial charge in [0.05, 0.1) is 6.54 Å². The molecular weight excluding hydrogens is 364 g/mol. The summed E-state index contributed by atoms with van der Waals surface area (Å²) in [6.45, 7) is 3.97. The minimum Gasteiger partial charge on any atom is -0.490 e. The molecule has 1 fully saturated rings. The topological polar surface area (TPSA) is 66.0 Å². The van der Waals surface area contributed by atoms with Crippen molar-refractivity contribution in [3.63, 3.8) is 0 Å². The fourth-order valence-corrected chi connectivity index (χ4v) is 3.44. The molecule has 0 unspecified atom stereocenters. The van der Waals surface area contributed by atoms with Gasteiger partial charge in [0.15, 0.2) is 5.96 Å². The van der Waals surface area contributed by atoms with Crippen LogP contribution in [0.25, 0.3) is 0 Å². The number of nitrogens with zero attached hydrogens (tertiary/aromatic N) is 2. The molecule has 6 nitrogen and oxygen atoms in total. The minimum atomic E-state index is -0.0818. The van der Waals surface area contributed by atoms with Crippen LogP contribution in [0.5, 0.6) is 5.75 Å². The van der Waals surface area contributed by atoms with Crippen molar-refractivity contribution < 1.29 is 9.53 Å². The van der Waals surface area contributed by atoms with Gasteiger partial charge in [-0.1, -0.05) is 37.3 Å². The molecule has 1 amide bonds. The first-order valence-corrected chi connectivity index (χ1v) is 10.2. The van der Waals surface area contributed by atoms with E-state index in [2.05, 4.69) is 33.5 Å². The normalized spacial score (nSPS) is 15.1. The number of rotatable bonds is 6. The molecule has 0 aliphatic carbocycles. The largest absolute Gasteiger partial charge is 0.490 e. The SMILES string of the molecule is CCc1cccc(NC(=O)CNC(=NC)N2CCC(Oc3ccccc3)CC2)c1. The van der Waals surface area contributed by atoms with E-state index in [1.54, 1.807) is 7.05 Å². The smallest absolute Gasteiger partial charge is 0.243 e. The van der Waals surface area contributed by atoms with Crippen LogP contribution in [-0.4, -0.2) is 49.6 Å². The molecule has 154 valence electrons. The van der Waals surface area contributed by atoms with E-state index in [-0.39, 0.29) is 18.6 Å². The summed E-state index contributed by atoms with van der Waals surface area (Å²) >= 11 is 0. The molecule has 2 aromatic carbocycles. The van der Waals surface area contributed by atoms with Crippen LogP contribution in [0.3, 0.4) is 0 Å². The predicted octanol–water partition coefficient (Wildman–Crippen LogP) is 3.31. The molecule has 0 bridgehead atoms. The second-order valence-corrected chi connectivity index (χ2v) is 7.12. The van der Waals surface area contributed by atoms with Gasteiger partial charge in [0.25, 0.3) is 0 Å². The van der Waals surface area contributed by atoms with Gasteiger partial charge < -0.3 is 20.3 Å². The third-order valence-corrected chi connectivity index (χ3v) is 5.03. The first-order chi connectivity index (χ1) is 14.2. The number of guanidine groups is 1. The first kappa shape index (κ1) is 20.7. The molecule has 0 aromatic heterocycles. The average molecular weight is 395 g/mol. The number of hydrogen-bond acceptors (Lipinski definition) is 3. The molecule has 0 spiro atoms. The van der Waals surface area contributed by atoms with Gasteiger partial charge in [-0.05, 0) is 36.2 Å². The number of carbonyl (C=O) groups is 1. The highest BCUT2D eigenvalue weighted by atomic mass is 16.5. The number of ether oxygens (including phenoxy) is 1. The summed E-state index contributed by atoms with van der Waals surface area (Å²) in [4.78, 5) is 18.8. The summed E-state index contributed by atoms with van der Waals surface area (Å²) in [6, 6.07) is 17.9. The summed E-state index contributed by atoms with van der Waals surface area (Å²) in [5.41, 5.74) is 2.03. The number of para-hydroxylation sites is 1. The summed E-state index contributed by atoms with van der Waals surface area (Å²) in [7, 11) is 1.75. The number of nitrogens with one attached hydrogen (secondary N) is 2. The number of amides is 1. The van der Waals surface area contributed by atoms with E-state index in [1.165, 1.54) is 5.56 Å². The molecule has 0 saturated carbocycles. The van der Waals surface area contributed by atoms with Crippen molar-refractivity contribution in [3.05, 3.63) is 60.2 Å². The lowest BCUT2D eigenvalue weighted by Crippen LogP contribution is -2.49. The Balaban J connectivity index is 1.44. The van der Waals surface area contributed by atoms with Gasteiger partial charge in [0.2, 0.25) is 5.91 Å². The summed E-state index contributed by atoms with van der Waals surface area (Å²) < 4.78 is 6.05. The zero-order valence-electron chi connectivity index (χ0n) is 17.2. The molecule has 0 atom stereocenters. The zero-order valence-corrected chi connectivity index (χ0v) is 17.2. The molecule has 29 heavy (non-hydrogen) atoms. The Labute approximate surface area is 173 Å². The van der Waals surface area contributed by atoms with Crippen molar-refractivity contribution in [1.82, 2.24) is 10.2 Å². The van der Waals surface area contributed by atoms with Crippen molar-refractivity contribution in [2.75, 3.05) is 32.0 Å². The van der Waals surface area contributed by atoms with Gasteiger partial charge in [0, 0.05) is 38.7 Å². The molecule has 3 rings (SSSR count). The van der Waals surface area contributed by atoms with Gasteiger partial charge in [0.1, 0.15) is 11.9 Å². The van der Waals surface area contributed by atoms with Crippen LogP contribution in [0, 0.1) is 0 Å². The van der Waals surface area contributed by atoms with Crippen molar-refractivity contribution in [1.29, 1.82) is 0 Å². The third kappa shape index (κ3) is 6.24. The predicted molar refractivity (Wildman–Crippen MR) is 117 cm³/mol. The maximum Gasteiger partial charge on any atom is 0.243 e. The number of anilines is 1. The minimum absolute atomic E-state index is 0.0818. The van der Waals surface area contributed by atoms with Gasteiger partial charge in [-0.2, -0.15) is 0 Å². The van der Waals surface area contributed by atoms with E-state index >= 15 is 0 Å². The number of piperidine rings is 1. The Morgan fingerprint density at radius 3 is 2.59 bits per heavy atom. The number of likely N-dealkylation sites (tertiary alicyclic amines) is 1. The Hall–Kier alpha value is -3.02. The zero-order chi connectivity index (χ0) is 20.5. The van der Waals surface area contributed by atoms with Crippen LogP contribution in [-0.2, 0) is 11.2 Å². The molecule has 2 N–H and O–H groups in total. The lowest BCUT2D eigenvalue weighted by atomic mass is 10.1. The van der Waals surface area contributed by atoms with E-state index < -0.39 is 0 Å². The van der Waals surface area contributed by atoms with Crippen LogP contribution in [0.4, 0.5) is 5.69 Å². The molecule has 0 radical (unpaired) electrons. The van der Waals surface area contributed by atoms with Crippen molar-refractivity contribution in [2.24, 2.45) is 4.99 Å². The number of benzene rings is 2. The number of carbonyl (C=O) groups excluding carboxylic acids is 1. The second-order valence-electron chi connectivity index (χ2n) is 7.12. The Bertz CT molecular complexity index is 815. The molecule has 1 saturated heterocycles. The van der Waals surface area contributed by atoms with Gasteiger partial charge in [-0.3, -0.25) is 9.79 Å². The second kappa shape index (κ2) is 10.5. The average Bonchev–Trinajstić information content (AvgIpc) is 2.76. The van der Waals surface area contributed by atoms with E-state index in [0.29, 0.717) is 0 Å². The van der Waals surface area contributed by atoms with Gasteiger partial charge in [-0.15, -0.1) is 0 Å². The van der Waals surface area contributed by atoms with Crippen LogP contribution < -0.4 is 15.4 Å². The maximum absolute atomic E-state index is 12.3. The van der Waals surface area contributed by atoms with Gasteiger partial charge in [-0.25, -0.2) is 0 Å². The fraction of sp³-hybridized carbons (Fsp3) is 0.391. The molecule has 6 heteroatoms. The highest BCUT2D eigenvalue weighted by Crippen LogP contribution is 2.18. The first-order valence-electron chi connectivity index (χ1n) is 10.2. The molecule has 1 heterocycles. The summed E-state index contributed by atoms with van der Waals surface area (Å²) in [5.74, 6) is 1.58. The number of hydrogen-bond donors (Lipinski definition) is 2. The van der Waals surface area contributed by atoms with Crippen LogP contribution in [0.1, 0.15) is 25.3 Å². The van der Waals surface area contributed by atoms with E-state index in [1.807, 2.05) is 48.5 Å². The highest BCUT2D eigenvalue weighted by Gasteiger charge is 2.23. The lowest BCUT2D eigenvalue weighted by Gasteiger charge is -2.34. The standard InChI is InChI=1S/C23H30N4O2/c1-3-18-8-7-9-19(16-18)26-22(28)17-25-23(24-2)27-14-12-21(13-15-27)29-20-10-5-4-6-11-20/h4-11,16,21H,3,12-15,17H2,1-2H3,(H,24,25)(H,26,28). The summed E-state index contributed by atoms with van der Waals surface area (Å²) in [5, 5.41) is 6.11. The lowest BCUT2D eigenvalue weighted by molar-refractivity contribution is -0.115. The number of aliphatic imine (C=N–C) groups is 1. The van der Waals surface area contributed by atoms with E-state index in [4.69, 9.17) is 4.74 Å². The summed E-state index contributed by atoms with van der Waals surface area (Å²) in [6.07, 6.45) is 3.00. The molecule has 1 aliphatic heterocycles. The van der Waals surface area contributed by atoms with Crippen molar-refractivity contribution in [3.8, 4) is 5.75 Å². The Morgan fingerprint density at radius 1 is 1.14 bits per heavy atom. The van der Waals surface area contributed by atoms with Crippen molar-refractivity contribution in [2.45, 2.75) is 32.3 Å². The fourth-order valence-electron chi connectivity index (χ4n) is 3.44. The molecule has 2 aromatic rings. The van der Waals surface area contributed by atoms with Crippen LogP contribution >= 0.6 is 0 Å². The highest BCUT2D eigenvalue weighted by molar-refractivity contribution is 5.95. The number of aryl methyl sites for hydroxylation is 1.